The number of anilines is 1. The molecule has 0 aromatic carbocycles. The maximum Gasteiger partial charge on any atom is 0.253 e. The molecule has 1 aliphatic carbocycles. The van der Waals surface area contributed by atoms with Crippen LogP contribution in [0.25, 0.3) is 0 Å². The van der Waals surface area contributed by atoms with Crippen molar-refractivity contribution in [3.8, 4) is 0 Å². The average Bonchev–Trinajstić information content (AvgIpc) is 3.42. The summed E-state index contributed by atoms with van der Waals surface area (Å²) in [6.45, 7) is 4.66. The topological polar surface area (TPSA) is 63.9 Å². The number of piperidine rings is 1. The lowest BCUT2D eigenvalue weighted by atomic mass is 9.96. The fourth-order valence-electron chi connectivity index (χ4n) is 3.40. The minimum absolute atomic E-state index is 0.0962. The van der Waals surface area contributed by atoms with Crippen LogP contribution in [0.3, 0.4) is 0 Å². The van der Waals surface area contributed by atoms with Gasteiger partial charge in [0, 0.05) is 37.8 Å². The van der Waals surface area contributed by atoms with Gasteiger partial charge in [-0.3, -0.25) is 14.3 Å². The molecule has 6 heteroatoms. The second kappa shape index (κ2) is 6.34. The Morgan fingerprint density at radius 2 is 1.96 bits per heavy atom. The van der Waals surface area contributed by atoms with Gasteiger partial charge < -0.3 is 4.90 Å². The van der Waals surface area contributed by atoms with Crippen LogP contribution in [0, 0.1) is 12.8 Å². The molecule has 0 amide bonds. The molecule has 3 heterocycles. The van der Waals surface area contributed by atoms with Crippen molar-refractivity contribution in [1.82, 2.24) is 19.5 Å². The molecule has 0 atom stereocenters. The molecule has 6 nitrogen and oxygen atoms in total. The Morgan fingerprint density at radius 1 is 1.17 bits per heavy atom. The van der Waals surface area contributed by atoms with Gasteiger partial charge in [-0.1, -0.05) is 0 Å². The molecule has 0 unspecified atom stereocenters. The van der Waals surface area contributed by atoms with Gasteiger partial charge in [0.2, 0.25) is 0 Å². The highest BCUT2D eigenvalue weighted by atomic mass is 16.1. The van der Waals surface area contributed by atoms with E-state index in [1.807, 2.05) is 13.1 Å². The Balaban J connectivity index is 1.37. The van der Waals surface area contributed by atoms with Crippen molar-refractivity contribution in [2.75, 3.05) is 18.0 Å². The maximum atomic E-state index is 12.3. The summed E-state index contributed by atoms with van der Waals surface area (Å²) >= 11 is 0. The Morgan fingerprint density at radius 3 is 2.62 bits per heavy atom. The highest BCUT2D eigenvalue weighted by molar-refractivity contribution is 5.36. The van der Waals surface area contributed by atoms with Gasteiger partial charge in [0.25, 0.3) is 5.56 Å². The lowest BCUT2D eigenvalue weighted by Crippen LogP contribution is -2.37. The van der Waals surface area contributed by atoms with Crippen LogP contribution in [0.5, 0.6) is 0 Å². The molecule has 0 radical (unpaired) electrons. The molecule has 2 aliphatic rings. The van der Waals surface area contributed by atoms with Crippen LogP contribution in [-0.4, -0.2) is 32.6 Å². The molecule has 2 aromatic rings. The second-order valence-corrected chi connectivity index (χ2v) is 7.03. The number of hydrogen-bond donors (Lipinski definition) is 0. The molecule has 0 N–H and O–H groups in total. The largest absolute Gasteiger partial charge is 0.355 e. The van der Waals surface area contributed by atoms with Crippen LogP contribution >= 0.6 is 0 Å². The van der Waals surface area contributed by atoms with E-state index in [1.54, 1.807) is 23.2 Å². The monoisotopic (exact) mass is 325 g/mol. The van der Waals surface area contributed by atoms with E-state index in [1.165, 1.54) is 12.8 Å². The maximum absolute atomic E-state index is 12.3. The second-order valence-electron chi connectivity index (χ2n) is 7.03. The minimum atomic E-state index is 0.0962. The predicted molar refractivity (Wildman–Crippen MR) is 92.2 cm³/mol. The lowest BCUT2D eigenvalue weighted by Gasteiger charge is -2.32. The van der Waals surface area contributed by atoms with E-state index in [-0.39, 0.29) is 5.56 Å². The number of hydrogen-bond acceptors (Lipinski definition) is 5. The van der Waals surface area contributed by atoms with Gasteiger partial charge in [-0.2, -0.15) is 0 Å². The van der Waals surface area contributed by atoms with E-state index >= 15 is 0 Å². The zero-order valence-corrected chi connectivity index (χ0v) is 14.1. The number of aryl methyl sites for hydroxylation is 1. The summed E-state index contributed by atoms with van der Waals surface area (Å²) in [6, 6.07) is 1.73. The first-order chi connectivity index (χ1) is 11.7. The SMILES string of the molecule is Cc1cncc(N2CCC(Cn3cnc(C4CC4)cc3=O)CC2)n1. The van der Waals surface area contributed by atoms with Crippen molar-refractivity contribution in [1.29, 1.82) is 0 Å². The summed E-state index contributed by atoms with van der Waals surface area (Å²) < 4.78 is 1.78. The van der Waals surface area contributed by atoms with Crippen LogP contribution in [0.15, 0.2) is 29.6 Å². The zero-order valence-electron chi connectivity index (χ0n) is 14.1. The summed E-state index contributed by atoms with van der Waals surface area (Å²) in [4.78, 5) is 27.8. The Kier molecular flexibility index (Phi) is 4.04. The fourth-order valence-corrected chi connectivity index (χ4v) is 3.40. The molecular weight excluding hydrogens is 302 g/mol. The third-order valence-corrected chi connectivity index (χ3v) is 5.03. The van der Waals surface area contributed by atoms with E-state index in [0.717, 1.165) is 49.7 Å². The smallest absolute Gasteiger partial charge is 0.253 e. The van der Waals surface area contributed by atoms with Gasteiger partial charge in [-0.15, -0.1) is 0 Å². The van der Waals surface area contributed by atoms with Gasteiger partial charge in [-0.25, -0.2) is 9.97 Å². The van der Waals surface area contributed by atoms with E-state index < -0.39 is 0 Å². The summed E-state index contributed by atoms with van der Waals surface area (Å²) in [5, 5.41) is 0. The highest BCUT2D eigenvalue weighted by Gasteiger charge is 2.26. The normalized spacial score (nSPS) is 18.8. The first-order valence-corrected chi connectivity index (χ1v) is 8.79. The fraction of sp³-hybridized carbons (Fsp3) is 0.556. The van der Waals surface area contributed by atoms with Crippen molar-refractivity contribution in [3.63, 3.8) is 0 Å². The first kappa shape index (κ1) is 15.3. The van der Waals surface area contributed by atoms with Crippen LogP contribution in [0.1, 0.15) is 43.0 Å². The quantitative estimate of drug-likeness (QED) is 0.862. The minimum Gasteiger partial charge on any atom is -0.355 e. The standard InChI is InChI=1S/C18H23N5O/c1-13-9-19-10-17(21-13)22-6-4-14(5-7-22)11-23-12-20-16(8-18(23)24)15-2-3-15/h8-10,12,14-15H,2-7,11H2,1H3. The van der Waals surface area contributed by atoms with Crippen molar-refractivity contribution in [2.45, 2.75) is 45.1 Å². The van der Waals surface area contributed by atoms with Crippen LogP contribution < -0.4 is 10.5 Å². The molecule has 24 heavy (non-hydrogen) atoms. The van der Waals surface area contributed by atoms with Gasteiger partial charge in [-0.05, 0) is 38.5 Å². The molecule has 4 rings (SSSR count). The number of aromatic nitrogens is 4. The lowest BCUT2D eigenvalue weighted by molar-refractivity contribution is 0.349. The third kappa shape index (κ3) is 3.32. The molecule has 0 spiro atoms. The molecule has 1 aliphatic heterocycles. The summed E-state index contributed by atoms with van der Waals surface area (Å²) in [5.74, 6) is 2.01. The van der Waals surface area contributed by atoms with Crippen LogP contribution in [-0.2, 0) is 6.54 Å². The van der Waals surface area contributed by atoms with Crippen LogP contribution in [0.2, 0.25) is 0 Å². The van der Waals surface area contributed by atoms with Crippen molar-refractivity contribution >= 4 is 5.82 Å². The summed E-state index contributed by atoms with van der Waals surface area (Å²) in [5.41, 5.74) is 2.02. The molecule has 0 bridgehead atoms. The highest BCUT2D eigenvalue weighted by Crippen LogP contribution is 2.38. The molecule has 1 saturated heterocycles. The Hall–Kier alpha value is -2.24. The van der Waals surface area contributed by atoms with Gasteiger partial charge >= 0.3 is 0 Å². The number of nitrogens with zero attached hydrogens (tertiary/aromatic N) is 5. The molecule has 126 valence electrons. The van der Waals surface area contributed by atoms with Crippen LogP contribution in [0.4, 0.5) is 5.82 Å². The average molecular weight is 325 g/mol. The summed E-state index contributed by atoms with van der Waals surface area (Å²) in [7, 11) is 0. The van der Waals surface area contributed by atoms with E-state index in [9.17, 15) is 4.79 Å². The molecule has 2 fully saturated rings. The molecule has 2 aromatic heterocycles. The number of rotatable bonds is 4. The van der Waals surface area contributed by atoms with Gasteiger partial charge in [0.15, 0.2) is 0 Å². The van der Waals surface area contributed by atoms with Crippen molar-refractivity contribution in [3.05, 3.63) is 46.5 Å². The third-order valence-electron chi connectivity index (χ3n) is 5.03. The Bertz CT molecular complexity index is 775. The van der Waals surface area contributed by atoms with Crippen molar-refractivity contribution < 1.29 is 0 Å². The predicted octanol–water partition coefficient (Wildman–Crippen LogP) is 2.14. The van der Waals surface area contributed by atoms with E-state index in [4.69, 9.17) is 0 Å². The van der Waals surface area contributed by atoms with Gasteiger partial charge in [0.05, 0.1) is 23.9 Å². The van der Waals surface area contributed by atoms with Gasteiger partial charge in [0.1, 0.15) is 5.82 Å². The Labute approximate surface area is 141 Å². The van der Waals surface area contributed by atoms with Crippen molar-refractivity contribution in [2.24, 2.45) is 5.92 Å². The molecular formula is C18H23N5O. The molecule has 1 saturated carbocycles. The zero-order chi connectivity index (χ0) is 16.5. The summed E-state index contributed by atoms with van der Waals surface area (Å²) in [6.07, 6.45) is 9.83. The first-order valence-electron chi connectivity index (χ1n) is 8.79. The van der Waals surface area contributed by atoms with E-state index in [0.29, 0.717) is 11.8 Å². The van der Waals surface area contributed by atoms with E-state index in [2.05, 4.69) is 19.9 Å².